The van der Waals surface area contributed by atoms with Gasteiger partial charge in [0.25, 0.3) is 0 Å². The summed E-state index contributed by atoms with van der Waals surface area (Å²) in [5, 5.41) is 9.25. The van der Waals surface area contributed by atoms with Crippen molar-refractivity contribution in [2.24, 2.45) is 0 Å². The number of carbonyl (C=O) groups is 2. The number of carboxylic acids is 1. The van der Waals surface area contributed by atoms with Crippen LogP contribution in [0.15, 0.2) is 54.6 Å². The number of rotatable bonds is 5. The Bertz CT molecular complexity index is 602. The maximum absolute atomic E-state index is 11.3. The molecule has 4 heteroatoms. The van der Waals surface area contributed by atoms with Crippen LogP contribution in [0.25, 0.3) is 0 Å². The lowest BCUT2D eigenvalue weighted by Crippen LogP contribution is -2.18. The van der Waals surface area contributed by atoms with Gasteiger partial charge in [0.1, 0.15) is 5.75 Å². The Kier molecular flexibility index (Phi) is 4.15. The highest BCUT2D eigenvalue weighted by molar-refractivity contribution is 5.94. The van der Waals surface area contributed by atoms with Crippen LogP contribution >= 0.6 is 0 Å². The van der Waals surface area contributed by atoms with Crippen LogP contribution in [-0.4, -0.2) is 16.9 Å². The molecule has 0 aliphatic carbocycles. The van der Waals surface area contributed by atoms with Crippen molar-refractivity contribution >= 4 is 11.8 Å². The molecule has 0 heterocycles. The number of ether oxygens (including phenoxy) is 1. The molecule has 1 unspecified atom stereocenters. The van der Waals surface area contributed by atoms with E-state index in [0.717, 1.165) is 0 Å². The number of benzene rings is 2. The molecule has 0 saturated carbocycles. The zero-order chi connectivity index (χ0) is 14.5. The Morgan fingerprint density at radius 1 is 1.00 bits per heavy atom. The zero-order valence-electron chi connectivity index (χ0n) is 10.9. The zero-order valence-corrected chi connectivity index (χ0v) is 10.9. The molecule has 2 aromatic rings. The van der Waals surface area contributed by atoms with E-state index in [-0.39, 0.29) is 5.78 Å². The van der Waals surface area contributed by atoms with Gasteiger partial charge in [-0.05, 0) is 31.2 Å². The summed E-state index contributed by atoms with van der Waals surface area (Å²) < 4.78 is 5.49. The second-order valence-electron chi connectivity index (χ2n) is 4.33. The van der Waals surface area contributed by atoms with Crippen LogP contribution in [0, 0.1) is 0 Å². The minimum atomic E-state index is -1.07. The second-order valence-corrected chi connectivity index (χ2v) is 4.33. The molecule has 4 nitrogen and oxygen atoms in total. The van der Waals surface area contributed by atoms with Gasteiger partial charge in [-0.3, -0.25) is 4.79 Å². The average molecular weight is 270 g/mol. The maximum atomic E-state index is 11.3. The summed E-state index contributed by atoms with van der Waals surface area (Å²) >= 11 is 0. The molecule has 0 aliphatic heterocycles. The lowest BCUT2D eigenvalue weighted by Gasteiger charge is -2.15. The summed E-state index contributed by atoms with van der Waals surface area (Å²) in [6.45, 7) is 1.47. The van der Waals surface area contributed by atoms with Crippen molar-refractivity contribution in [2.75, 3.05) is 0 Å². The molecule has 2 aromatic carbocycles. The highest BCUT2D eigenvalue weighted by atomic mass is 16.5. The van der Waals surface area contributed by atoms with E-state index < -0.39 is 12.1 Å². The monoisotopic (exact) mass is 270 g/mol. The molecule has 0 spiro atoms. The fraction of sp³-hybridized carbons (Fsp3) is 0.125. The van der Waals surface area contributed by atoms with Gasteiger partial charge in [0.2, 0.25) is 6.10 Å². The number of ketones is 1. The highest BCUT2D eigenvalue weighted by Gasteiger charge is 2.21. The number of Topliss-reactive ketones (excluding diaryl/α,β-unsaturated/α-hetero) is 1. The molecular formula is C16H14O4. The molecule has 102 valence electrons. The van der Waals surface area contributed by atoms with Gasteiger partial charge < -0.3 is 9.84 Å². The lowest BCUT2D eigenvalue weighted by molar-refractivity contribution is -0.145. The summed E-state index contributed by atoms with van der Waals surface area (Å²) in [5.74, 6) is -0.701. The molecular weight excluding hydrogens is 256 g/mol. The first-order chi connectivity index (χ1) is 9.58. The molecule has 0 saturated heterocycles. The molecule has 0 aromatic heterocycles. The largest absolute Gasteiger partial charge is 0.478 e. The minimum Gasteiger partial charge on any atom is -0.478 e. The van der Waals surface area contributed by atoms with Gasteiger partial charge in [-0.25, -0.2) is 4.79 Å². The van der Waals surface area contributed by atoms with Crippen LogP contribution in [0.5, 0.6) is 5.75 Å². The van der Waals surface area contributed by atoms with Crippen LogP contribution < -0.4 is 4.74 Å². The summed E-state index contributed by atoms with van der Waals surface area (Å²) in [6.07, 6.45) is -1.07. The number of aliphatic carboxylic acids is 1. The Balaban J connectivity index is 2.21. The third-order valence-electron chi connectivity index (χ3n) is 2.84. The highest BCUT2D eigenvalue weighted by Crippen LogP contribution is 2.22. The predicted molar refractivity (Wildman–Crippen MR) is 73.9 cm³/mol. The normalized spacial score (nSPS) is 11.7. The number of carboxylic acid groups (broad SMARTS) is 1. The van der Waals surface area contributed by atoms with Gasteiger partial charge in [-0.2, -0.15) is 0 Å². The number of hydrogen-bond donors (Lipinski definition) is 1. The van der Waals surface area contributed by atoms with Crippen molar-refractivity contribution in [1.29, 1.82) is 0 Å². The topological polar surface area (TPSA) is 63.6 Å². The Morgan fingerprint density at radius 2 is 1.60 bits per heavy atom. The third kappa shape index (κ3) is 3.23. The smallest absolute Gasteiger partial charge is 0.349 e. The van der Waals surface area contributed by atoms with E-state index in [4.69, 9.17) is 4.74 Å². The van der Waals surface area contributed by atoms with Gasteiger partial charge in [0, 0.05) is 11.1 Å². The van der Waals surface area contributed by atoms with E-state index in [1.54, 1.807) is 48.5 Å². The molecule has 0 aliphatic rings. The van der Waals surface area contributed by atoms with E-state index in [0.29, 0.717) is 16.9 Å². The fourth-order valence-corrected chi connectivity index (χ4v) is 1.79. The van der Waals surface area contributed by atoms with Crippen molar-refractivity contribution in [3.63, 3.8) is 0 Å². The van der Waals surface area contributed by atoms with Crippen molar-refractivity contribution in [3.8, 4) is 5.75 Å². The standard InChI is InChI=1S/C16H14O4/c1-11(17)12-7-9-14(10-8-12)20-15(16(18)19)13-5-3-2-4-6-13/h2-10,15H,1H3,(H,18,19). The van der Waals surface area contributed by atoms with E-state index >= 15 is 0 Å². The van der Waals surface area contributed by atoms with Crippen molar-refractivity contribution in [1.82, 2.24) is 0 Å². The van der Waals surface area contributed by atoms with Gasteiger partial charge >= 0.3 is 5.97 Å². The molecule has 0 radical (unpaired) electrons. The van der Waals surface area contributed by atoms with E-state index in [2.05, 4.69) is 0 Å². The first kappa shape index (κ1) is 13.8. The van der Waals surface area contributed by atoms with Gasteiger partial charge in [0.05, 0.1) is 0 Å². The van der Waals surface area contributed by atoms with Crippen LogP contribution in [0.4, 0.5) is 0 Å². The maximum Gasteiger partial charge on any atom is 0.349 e. The third-order valence-corrected chi connectivity index (χ3v) is 2.84. The van der Waals surface area contributed by atoms with Crippen LogP contribution in [-0.2, 0) is 4.79 Å². The first-order valence-corrected chi connectivity index (χ1v) is 6.13. The number of hydrogen-bond acceptors (Lipinski definition) is 3. The number of carbonyl (C=O) groups excluding carboxylic acids is 1. The van der Waals surface area contributed by atoms with Crippen molar-refractivity contribution in [2.45, 2.75) is 13.0 Å². The summed E-state index contributed by atoms with van der Waals surface area (Å²) in [4.78, 5) is 22.5. The average Bonchev–Trinajstić information content (AvgIpc) is 2.46. The molecule has 0 bridgehead atoms. The Morgan fingerprint density at radius 3 is 2.10 bits per heavy atom. The van der Waals surface area contributed by atoms with Gasteiger partial charge in [-0.15, -0.1) is 0 Å². The molecule has 20 heavy (non-hydrogen) atoms. The van der Waals surface area contributed by atoms with E-state index in [9.17, 15) is 14.7 Å². The minimum absolute atomic E-state index is 0.0469. The Hall–Kier alpha value is -2.62. The Labute approximate surface area is 116 Å². The first-order valence-electron chi connectivity index (χ1n) is 6.13. The summed E-state index contributed by atoms with van der Waals surface area (Å²) in [7, 11) is 0. The van der Waals surface area contributed by atoms with E-state index in [1.807, 2.05) is 6.07 Å². The molecule has 0 amide bonds. The van der Waals surface area contributed by atoms with E-state index in [1.165, 1.54) is 6.92 Å². The molecule has 2 rings (SSSR count). The quantitative estimate of drug-likeness (QED) is 0.848. The summed E-state index contributed by atoms with van der Waals surface area (Å²) in [6, 6.07) is 15.1. The van der Waals surface area contributed by atoms with Gasteiger partial charge in [0.15, 0.2) is 5.78 Å². The van der Waals surface area contributed by atoms with Crippen molar-refractivity contribution < 1.29 is 19.4 Å². The molecule has 0 fully saturated rings. The van der Waals surface area contributed by atoms with Crippen LogP contribution in [0.1, 0.15) is 28.9 Å². The van der Waals surface area contributed by atoms with Gasteiger partial charge in [-0.1, -0.05) is 30.3 Å². The summed E-state index contributed by atoms with van der Waals surface area (Å²) in [5.41, 5.74) is 1.12. The molecule has 1 N–H and O–H groups in total. The van der Waals surface area contributed by atoms with Crippen molar-refractivity contribution in [3.05, 3.63) is 65.7 Å². The van der Waals surface area contributed by atoms with Crippen LogP contribution in [0.3, 0.4) is 0 Å². The fourth-order valence-electron chi connectivity index (χ4n) is 1.79. The molecule has 1 atom stereocenters. The second kappa shape index (κ2) is 6.02. The SMILES string of the molecule is CC(=O)c1ccc(OC(C(=O)O)c2ccccc2)cc1. The van der Waals surface area contributed by atoms with Crippen LogP contribution in [0.2, 0.25) is 0 Å². The lowest BCUT2D eigenvalue weighted by atomic mass is 10.1. The predicted octanol–water partition coefficient (Wildman–Crippen LogP) is 3.09.